The molecule has 6 nitrogen and oxygen atoms in total. The highest BCUT2D eigenvalue weighted by molar-refractivity contribution is 8.01. The number of rotatable bonds is 6. The van der Waals surface area contributed by atoms with E-state index < -0.39 is 11.6 Å². The molecule has 2 rings (SSSR count). The van der Waals surface area contributed by atoms with E-state index >= 15 is 0 Å². The lowest BCUT2D eigenvalue weighted by molar-refractivity contribution is -0.138. The summed E-state index contributed by atoms with van der Waals surface area (Å²) < 4.78 is 4.94. The van der Waals surface area contributed by atoms with Crippen molar-refractivity contribution in [1.29, 1.82) is 0 Å². The van der Waals surface area contributed by atoms with Crippen molar-refractivity contribution in [2.75, 3.05) is 26.0 Å². The second-order valence-electron chi connectivity index (χ2n) is 6.22. The Bertz CT molecular complexity index is 429. The van der Waals surface area contributed by atoms with Gasteiger partial charge in [-0.2, -0.15) is 0 Å². The van der Waals surface area contributed by atoms with Gasteiger partial charge in [0.2, 0.25) is 11.8 Å². The van der Waals surface area contributed by atoms with E-state index in [0.29, 0.717) is 25.2 Å². The number of methoxy groups -OCH3 is 1. The summed E-state index contributed by atoms with van der Waals surface area (Å²) in [5, 5.41) is 12.9. The molecule has 2 aliphatic heterocycles. The molecule has 2 amide bonds. The van der Waals surface area contributed by atoms with Crippen LogP contribution in [0.5, 0.6) is 0 Å². The molecule has 0 aromatic rings. The summed E-state index contributed by atoms with van der Waals surface area (Å²) >= 11 is 1.66. The van der Waals surface area contributed by atoms with Crippen LogP contribution in [0, 0.1) is 0 Å². The zero-order valence-electron chi connectivity index (χ0n) is 12.8. The number of hydrogen-bond donors (Lipinski definition) is 2. The minimum absolute atomic E-state index is 0.0498. The van der Waals surface area contributed by atoms with Gasteiger partial charge in [-0.05, 0) is 20.3 Å². The first kappa shape index (κ1) is 16.6. The Hall–Kier alpha value is -0.790. The number of nitrogens with zero attached hydrogens (tertiary/aromatic N) is 1. The standard InChI is InChI=1S/C14H24N2O4S/c1-13(19,6-7-20-3)9-15-12(18)10-8-21-14(2)5-4-11(17)16(10)14/h10,19H,4-9H2,1-3H3,(H,15,18). The molecule has 0 radical (unpaired) electrons. The van der Waals surface area contributed by atoms with Crippen molar-refractivity contribution in [3.63, 3.8) is 0 Å². The molecular formula is C14H24N2O4S. The van der Waals surface area contributed by atoms with Gasteiger partial charge >= 0.3 is 0 Å². The zero-order chi connectivity index (χ0) is 15.7. The van der Waals surface area contributed by atoms with E-state index in [1.807, 2.05) is 6.92 Å². The van der Waals surface area contributed by atoms with Crippen LogP contribution in [-0.4, -0.2) is 64.3 Å². The summed E-state index contributed by atoms with van der Waals surface area (Å²) in [7, 11) is 1.57. The van der Waals surface area contributed by atoms with Crippen LogP contribution < -0.4 is 5.32 Å². The second-order valence-corrected chi connectivity index (χ2v) is 7.72. The lowest BCUT2D eigenvalue weighted by Crippen LogP contribution is -2.52. The minimum atomic E-state index is -1.00. The number of carbonyl (C=O) groups excluding carboxylic acids is 2. The highest BCUT2D eigenvalue weighted by Gasteiger charge is 2.52. The third-order valence-corrected chi connectivity index (χ3v) is 5.74. The fourth-order valence-electron chi connectivity index (χ4n) is 2.82. The molecule has 0 aliphatic carbocycles. The average Bonchev–Trinajstić information content (AvgIpc) is 2.91. The quantitative estimate of drug-likeness (QED) is 0.739. The first-order chi connectivity index (χ1) is 9.79. The molecule has 0 spiro atoms. The molecule has 21 heavy (non-hydrogen) atoms. The van der Waals surface area contributed by atoms with Crippen LogP contribution >= 0.6 is 11.8 Å². The Morgan fingerprint density at radius 1 is 1.67 bits per heavy atom. The van der Waals surface area contributed by atoms with Gasteiger partial charge in [-0.15, -0.1) is 11.8 Å². The van der Waals surface area contributed by atoms with Crippen molar-refractivity contribution >= 4 is 23.6 Å². The predicted octanol–water partition coefficient (Wildman–Crippen LogP) is 0.344. The summed E-state index contributed by atoms with van der Waals surface area (Å²) in [6, 6.07) is -0.423. The molecule has 0 aromatic carbocycles. The molecule has 2 fully saturated rings. The van der Waals surface area contributed by atoms with Crippen LogP contribution in [-0.2, 0) is 14.3 Å². The van der Waals surface area contributed by atoms with Gasteiger partial charge in [0, 0.05) is 38.9 Å². The first-order valence-corrected chi connectivity index (χ1v) is 8.23. The molecule has 3 unspecified atom stereocenters. The van der Waals surface area contributed by atoms with E-state index in [-0.39, 0.29) is 23.2 Å². The van der Waals surface area contributed by atoms with Gasteiger partial charge in [0.15, 0.2) is 0 Å². The van der Waals surface area contributed by atoms with E-state index in [1.54, 1.807) is 30.7 Å². The fourth-order valence-corrected chi connectivity index (χ4v) is 4.25. The van der Waals surface area contributed by atoms with E-state index in [0.717, 1.165) is 6.42 Å². The van der Waals surface area contributed by atoms with Crippen LogP contribution in [0.4, 0.5) is 0 Å². The van der Waals surface area contributed by atoms with Crippen molar-refractivity contribution in [2.24, 2.45) is 0 Å². The third kappa shape index (κ3) is 3.52. The summed E-state index contributed by atoms with van der Waals surface area (Å²) in [6.07, 6.45) is 1.76. The van der Waals surface area contributed by atoms with Gasteiger partial charge in [-0.3, -0.25) is 9.59 Å². The molecule has 2 aliphatic rings. The van der Waals surface area contributed by atoms with Gasteiger partial charge in [0.25, 0.3) is 0 Å². The smallest absolute Gasteiger partial charge is 0.243 e. The minimum Gasteiger partial charge on any atom is -0.388 e. The molecule has 120 valence electrons. The number of hydrogen-bond acceptors (Lipinski definition) is 5. The number of ether oxygens (including phenoxy) is 1. The zero-order valence-corrected chi connectivity index (χ0v) is 13.7. The maximum absolute atomic E-state index is 12.3. The van der Waals surface area contributed by atoms with Crippen LogP contribution in [0.25, 0.3) is 0 Å². The van der Waals surface area contributed by atoms with Gasteiger partial charge < -0.3 is 20.1 Å². The summed E-state index contributed by atoms with van der Waals surface area (Å²) in [6.45, 7) is 4.28. The number of thioether (sulfide) groups is 1. The molecule has 7 heteroatoms. The highest BCUT2D eigenvalue weighted by atomic mass is 32.2. The van der Waals surface area contributed by atoms with Crippen molar-refractivity contribution in [3.8, 4) is 0 Å². The average molecular weight is 316 g/mol. The topological polar surface area (TPSA) is 78.9 Å². The Morgan fingerprint density at radius 3 is 3.05 bits per heavy atom. The van der Waals surface area contributed by atoms with E-state index in [9.17, 15) is 14.7 Å². The Balaban J connectivity index is 1.91. The molecule has 0 aromatic heterocycles. The van der Waals surface area contributed by atoms with Gasteiger partial charge in [0.05, 0.1) is 10.5 Å². The highest BCUT2D eigenvalue weighted by Crippen LogP contribution is 2.47. The third-order valence-electron chi connectivity index (χ3n) is 4.24. The van der Waals surface area contributed by atoms with Gasteiger partial charge in [0.1, 0.15) is 6.04 Å². The monoisotopic (exact) mass is 316 g/mol. The summed E-state index contributed by atoms with van der Waals surface area (Å²) in [5.74, 6) is 0.488. The molecule has 2 saturated heterocycles. The van der Waals surface area contributed by atoms with Crippen LogP contribution in [0.2, 0.25) is 0 Å². The molecule has 2 heterocycles. The largest absolute Gasteiger partial charge is 0.388 e. The van der Waals surface area contributed by atoms with E-state index in [2.05, 4.69) is 5.32 Å². The van der Waals surface area contributed by atoms with E-state index in [1.165, 1.54) is 0 Å². The normalized spacial score (nSPS) is 31.1. The van der Waals surface area contributed by atoms with Crippen LogP contribution in [0.15, 0.2) is 0 Å². The van der Waals surface area contributed by atoms with Crippen molar-refractivity contribution in [2.45, 2.75) is 49.6 Å². The van der Waals surface area contributed by atoms with Gasteiger partial charge in [-0.25, -0.2) is 0 Å². The lowest BCUT2D eigenvalue weighted by Gasteiger charge is -2.30. The van der Waals surface area contributed by atoms with Crippen LogP contribution in [0.1, 0.15) is 33.1 Å². The van der Waals surface area contributed by atoms with E-state index in [4.69, 9.17) is 4.74 Å². The Kier molecular flexibility index (Phi) is 4.85. The fraction of sp³-hybridized carbons (Fsp3) is 0.857. The van der Waals surface area contributed by atoms with Crippen molar-refractivity contribution in [3.05, 3.63) is 0 Å². The molecule has 2 N–H and O–H groups in total. The SMILES string of the molecule is COCCC(C)(O)CNC(=O)C1CSC2(C)CCC(=O)N12. The lowest BCUT2D eigenvalue weighted by atomic mass is 10.0. The summed E-state index contributed by atoms with van der Waals surface area (Å²) in [5.41, 5.74) is -1.00. The molecule has 0 bridgehead atoms. The number of fused-ring (bicyclic) bond motifs is 1. The predicted molar refractivity (Wildman–Crippen MR) is 80.9 cm³/mol. The molecular weight excluding hydrogens is 292 g/mol. The molecule has 0 saturated carbocycles. The number of amides is 2. The maximum Gasteiger partial charge on any atom is 0.243 e. The maximum atomic E-state index is 12.3. The summed E-state index contributed by atoms with van der Waals surface area (Å²) in [4.78, 5) is 25.8. The molecule has 3 atom stereocenters. The van der Waals surface area contributed by atoms with Crippen LogP contribution in [0.3, 0.4) is 0 Å². The number of nitrogens with one attached hydrogen (secondary N) is 1. The number of carbonyl (C=O) groups is 2. The second kappa shape index (κ2) is 6.14. The first-order valence-electron chi connectivity index (χ1n) is 7.24. The Labute approximate surface area is 129 Å². The number of aliphatic hydroxyl groups is 1. The van der Waals surface area contributed by atoms with Crippen molar-refractivity contribution < 1.29 is 19.4 Å². The Morgan fingerprint density at radius 2 is 2.38 bits per heavy atom. The van der Waals surface area contributed by atoms with Crippen molar-refractivity contribution in [1.82, 2.24) is 10.2 Å². The van der Waals surface area contributed by atoms with Gasteiger partial charge in [-0.1, -0.05) is 0 Å².